The van der Waals surface area contributed by atoms with Crippen molar-refractivity contribution in [3.63, 3.8) is 0 Å². The zero-order valence-corrected chi connectivity index (χ0v) is 17.0. The van der Waals surface area contributed by atoms with Gasteiger partial charge in [-0.2, -0.15) is 4.98 Å². The van der Waals surface area contributed by atoms with Crippen molar-refractivity contribution in [2.45, 2.75) is 32.9 Å². The molecule has 0 aliphatic carbocycles. The van der Waals surface area contributed by atoms with E-state index in [2.05, 4.69) is 22.2 Å². The first-order chi connectivity index (χ1) is 14.6. The van der Waals surface area contributed by atoms with Crippen LogP contribution in [0.1, 0.15) is 36.2 Å². The predicted molar refractivity (Wildman–Crippen MR) is 115 cm³/mol. The van der Waals surface area contributed by atoms with Gasteiger partial charge in [0, 0.05) is 23.9 Å². The molecule has 152 valence electrons. The van der Waals surface area contributed by atoms with E-state index in [0.29, 0.717) is 29.2 Å². The molecule has 0 radical (unpaired) electrons. The summed E-state index contributed by atoms with van der Waals surface area (Å²) in [7, 11) is 0. The third kappa shape index (κ3) is 4.49. The summed E-state index contributed by atoms with van der Waals surface area (Å²) in [5, 5.41) is 2.94. The lowest BCUT2D eigenvalue weighted by Gasteiger charge is -2.12. The van der Waals surface area contributed by atoms with E-state index >= 15 is 0 Å². The van der Waals surface area contributed by atoms with Crippen LogP contribution in [-0.2, 0) is 6.54 Å². The van der Waals surface area contributed by atoms with Gasteiger partial charge in [-0.1, -0.05) is 19.1 Å². The zero-order valence-electron chi connectivity index (χ0n) is 17.0. The molecule has 0 aliphatic rings. The van der Waals surface area contributed by atoms with E-state index in [0.717, 1.165) is 23.3 Å². The number of oxazole rings is 1. The molecule has 2 aromatic carbocycles. The van der Waals surface area contributed by atoms with E-state index in [1.807, 2.05) is 55.5 Å². The Labute approximate surface area is 174 Å². The van der Waals surface area contributed by atoms with Crippen LogP contribution < -0.4 is 10.1 Å². The van der Waals surface area contributed by atoms with Crippen LogP contribution in [-0.4, -0.2) is 22.0 Å². The van der Waals surface area contributed by atoms with E-state index in [1.54, 1.807) is 18.3 Å². The third-order valence-corrected chi connectivity index (χ3v) is 4.85. The number of amides is 1. The molecule has 30 heavy (non-hydrogen) atoms. The lowest BCUT2D eigenvalue weighted by molar-refractivity contribution is 0.0951. The average Bonchev–Trinajstić information content (AvgIpc) is 3.22. The minimum atomic E-state index is -0.126. The third-order valence-electron chi connectivity index (χ3n) is 4.85. The molecule has 0 aliphatic heterocycles. The van der Waals surface area contributed by atoms with E-state index in [-0.39, 0.29) is 12.0 Å². The largest absolute Gasteiger partial charge is 0.491 e. The molecule has 0 bridgehead atoms. The molecule has 1 amide bonds. The Morgan fingerprint density at radius 3 is 2.57 bits per heavy atom. The number of benzene rings is 2. The molecule has 4 aromatic rings. The molecule has 1 N–H and O–H groups in total. The average molecular weight is 401 g/mol. The molecule has 0 saturated carbocycles. The Bertz CT molecular complexity index is 1100. The normalized spacial score (nSPS) is 11.9. The number of nitrogens with zero attached hydrogens (tertiary/aromatic N) is 2. The second-order valence-corrected chi connectivity index (χ2v) is 7.08. The van der Waals surface area contributed by atoms with Crippen LogP contribution in [0.4, 0.5) is 0 Å². The van der Waals surface area contributed by atoms with Gasteiger partial charge in [0.1, 0.15) is 5.75 Å². The Morgan fingerprint density at radius 2 is 1.87 bits per heavy atom. The van der Waals surface area contributed by atoms with E-state index in [9.17, 15) is 4.79 Å². The number of rotatable bonds is 7. The molecule has 6 heteroatoms. The van der Waals surface area contributed by atoms with Crippen molar-refractivity contribution >= 4 is 17.1 Å². The van der Waals surface area contributed by atoms with E-state index < -0.39 is 0 Å². The number of hydrogen-bond acceptors (Lipinski definition) is 5. The van der Waals surface area contributed by atoms with Gasteiger partial charge in [0.2, 0.25) is 5.89 Å². The second kappa shape index (κ2) is 8.78. The Hall–Kier alpha value is -3.67. The number of pyridine rings is 1. The van der Waals surface area contributed by atoms with E-state index in [1.165, 1.54) is 0 Å². The lowest BCUT2D eigenvalue weighted by atomic mass is 10.1. The van der Waals surface area contributed by atoms with Gasteiger partial charge in [0.15, 0.2) is 11.2 Å². The van der Waals surface area contributed by atoms with Gasteiger partial charge < -0.3 is 14.5 Å². The highest BCUT2D eigenvalue weighted by Gasteiger charge is 2.10. The number of carbonyl (C=O) groups excluding carboxylic acids is 1. The van der Waals surface area contributed by atoms with Gasteiger partial charge in [-0.15, -0.1) is 0 Å². The van der Waals surface area contributed by atoms with Crippen molar-refractivity contribution in [3.8, 4) is 17.2 Å². The minimum Gasteiger partial charge on any atom is -0.491 e. The summed E-state index contributed by atoms with van der Waals surface area (Å²) in [6, 6.07) is 18.6. The maximum absolute atomic E-state index is 12.4. The summed E-state index contributed by atoms with van der Waals surface area (Å²) in [4.78, 5) is 21.0. The van der Waals surface area contributed by atoms with Gasteiger partial charge in [0.05, 0.1) is 6.10 Å². The molecular weight excluding hydrogens is 378 g/mol. The zero-order chi connectivity index (χ0) is 20.9. The van der Waals surface area contributed by atoms with Crippen molar-refractivity contribution in [1.29, 1.82) is 0 Å². The summed E-state index contributed by atoms with van der Waals surface area (Å²) in [5.41, 5.74) is 3.69. The first-order valence-corrected chi connectivity index (χ1v) is 9.98. The van der Waals surface area contributed by atoms with Crippen molar-refractivity contribution in [2.75, 3.05) is 0 Å². The summed E-state index contributed by atoms with van der Waals surface area (Å²) >= 11 is 0. The highest BCUT2D eigenvalue weighted by atomic mass is 16.5. The number of carbonyl (C=O) groups is 1. The second-order valence-electron chi connectivity index (χ2n) is 7.08. The van der Waals surface area contributed by atoms with Crippen LogP contribution >= 0.6 is 0 Å². The Balaban J connectivity index is 1.36. The van der Waals surface area contributed by atoms with Gasteiger partial charge >= 0.3 is 0 Å². The topological polar surface area (TPSA) is 77.2 Å². The lowest BCUT2D eigenvalue weighted by Crippen LogP contribution is -2.22. The Morgan fingerprint density at radius 1 is 1.10 bits per heavy atom. The molecule has 0 spiro atoms. The fraction of sp³-hybridized carbons (Fsp3) is 0.208. The highest BCUT2D eigenvalue weighted by Crippen LogP contribution is 2.23. The number of ether oxygens (including phenoxy) is 1. The molecule has 6 nitrogen and oxygen atoms in total. The SMILES string of the molecule is CC[C@@H](C)Oc1ccc(C(=O)NCc2ccc(-c3nc4ncccc4o3)cc2)cc1. The summed E-state index contributed by atoms with van der Waals surface area (Å²) in [6.45, 7) is 4.52. The first kappa shape index (κ1) is 19.6. The van der Waals surface area contributed by atoms with Crippen molar-refractivity contribution in [1.82, 2.24) is 15.3 Å². The minimum absolute atomic E-state index is 0.126. The van der Waals surface area contributed by atoms with Gasteiger partial charge in [0.25, 0.3) is 5.91 Å². The number of nitrogens with one attached hydrogen (secondary N) is 1. The van der Waals surface area contributed by atoms with E-state index in [4.69, 9.17) is 9.15 Å². The fourth-order valence-corrected chi connectivity index (χ4v) is 2.94. The molecular formula is C24H23N3O3. The molecule has 1 atom stereocenters. The summed E-state index contributed by atoms with van der Waals surface area (Å²) in [6.07, 6.45) is 2.77. The van der Waals surface area contributed by atoms with Crippen molar-refractivity contribution < 1.29 is 13.9 Å². The molecule has 2 aromatic heterocycles. The van der Waals surface area contributed by atoms with Gasteiger partial charge in [-0.3, -0.25) is 4.79 Å². The van der Waals surface area contributed by atoms with Crippen LogP contribution in [0.25, 0.3) is 22.7 Å². The van der Waals surface area contributed by atoms with Gasteiger partial charge in [-0.05, 0) is 67.4 Å². The smallest absolute Gasteiger partial charge is 0.251 e. The van der Waals surface area contributed by atoms with Crippen LogP contribution in [0.2, 0.25) is 0 Å². The van der Waals surface area contributed by atoms with Crippen LogP contribution in [0.5, 0.6) is 5.75 Å². The van der Waals surface area contributed by atoms with Crippen molar-refractivity contribution in [2.24, 2.45) is 0 Å². The summed E-state index contributed by atoms with van der Waals surface area (Å²) < 4.78 is 11.5. The standard InChI is InChI=1S/C24H23N3O3/c1-3-16(2)29-20-12-10-18(11-13-20)23(28)26-15-17-6-8-19(9-7-17)24-27-22-21(30-24)5-4-14-25-22/h4-14,16H,3,15H2,1-2H3,(H,26,28)/t16-/m1/s1. The van der Waals surface area contributed by atoms with Crippen LogP contribution in [0.15, 0.2) is 71.3 Å². The monoisotopic (exact) mass is 401 g/mol. The Kier molecular flexibility index (Phi) is 5.75. The fourth-order valence-electron chi connectivity index (χ4n) is 2.94. The highest BCUT2D eigenvalue weighted by molar-refractivity contribution is 5.94. The molecule has 0 unspecified atom stereocenters. The predicted octanol–water partition coefficient (Wildman–Crippen LogP) is 5.00. The van der Waals surface area contributed by atoms with Crippen molar-refractivity contribution in [3.05, 3.63) is 78.0 Å². The number of hydrogen-bond donors (Lipinski definition) is 1. The maximum Gasteiger partial charge on any atom is 0.251 e. The quantitative estimate of drug-likeness (QED) is 0.472. The summed E-state index contributed by atoms with van der Waals surface area (Å²) in [5.74, 6) is 1.17. The maximum atomic E-state index is 12.4. The number of fused-ring (bicyclic) bond motifs is 1. The molecule has 0 fully saturated rings. The number of aromatic nitrogens is 2. The van der Waals surface area contributed by atoms with Gasteiger partial charge in [-0.25, -0.2) is 4.98 Å². The molecule has 0 saturated heterocycles. The first-order valence-electron chi connectivity index (χ1n) is 9.98. The molecule has 2 heterocycles. The van der Waals surface area contributed by atoms with Crippen LogP contribution in [0, 0.1) is 0 Å². The molecule has 4 rings (SSSR count). The van der Waals surface area contributed by atoms with Crippen LogP contribution in [0.3, 0.4) is 0 Å².